The third-order valence-electron chi connectivity index (χ3n) is 5.20. The minimum atomic E-state index is -3.92. The third-order valence-corrected chi connectivity index (χ3v) is 8.13. The van der Waals surface area contributed by atoms with Crippen LogP contribution in [0.3, 0.4) is 0 Å². The van der Waals surface area contributed by atoms with Crippen LogP contribution >= 0.6 is 11.3 Å². The molecule has 4 rings (SSSR count). The summed E-state index contributed by atoms with van der Waals surface area (Å²) in [6.07, 6.45) is 3.49. The number of carbonyl (C=O) groups excluding carboxylic acids is 1. The highest BCUT2D eigenvalue weighted by Gasteiger charge is 2.33. The number of non-ortho nitro benzene ring substituents is 1. The number of aryl methyl sites for hydroxylation is 2. The van der Waals surface area contributed by atoms with Gasteiger partial charge in [0.25, 0.3) is 11.6 Å². The predicted octanol–water partition coefficient (Wildman–Crippen LogP) is 1.91. The molecule has 13 heteroatoms. The van der Waals surface area contributed by atoms with Gasteiger partial charge in [-0.2, -0.15) is 9.40 Å². The molecule has 3 heterocycles. The first-order valence-corrected chi connectivity index (χ1v) is 12.0. The first-order valence-electron chi connectivity index (χ1n) is 9.66. The van der Waals surface area contributed by atoms with Gasteiger partial charge in [-0.25, -0.2) is 13.4 Å². The van der Waals surface area contributed by atoms with E-state index in [0.717, 1.165) is 11.6 Å². The molecule has 0 spiro atoms. The summed E-state index contributed by atoms with van der Waals surface area (Å²) in [6.45, 7) is 2.18. The third kappa shape index (κ3) is 4.13. The summed E-state index contributed by atoms with van der Waals surface area (Å²) in [5, 5.41) is 17.5. The molecule has 3 aromatic rings. The molecule has 1 aliphatic rings. The number of sulfonamides is 1. The van der Waals surface area contributed by atoms with Crippen molar-refractivity contribution in [3.05, 3.63) is 57.3 Å². The first kappa shape index (κ1) is 22.0. The number of carbonyl (C=O) groups is 1. The van der Waals surface area contributed by atoms with E-state index in [9.17, 15) is 23.3 Å². The Kier molecular flexibility index (Phi) is 5.79. The van der Waals surface area contributed by atoms with Crippen molar-refractivity contribution in [1.82, 2.24) is 24.0 Å². The van der Waals surface area contributed by atoms with Crippen molar-refractivity contribution in [1.29, 1.82) is 0 Å². The zero-order valence-corrected chi connectivity index (χ0v) is 19.0. The Morgan fingerprint density at radius 2 is 1.94 bits per heavy atom. The molecule has 0 N–H and O–H groups in total. The van der Waals surface area contributed by atoms with Crippen LogP contribution < -0.4 is 0 Å². The van der Waals surface area contributed by atoms with E-state index in [-0.39, 0.29) is 42.7 Å². The zero-order chi connectivity index (χ0) is 23.0. The minimum absolute atomic E-state index is 0.0907. The van der Waals surface area contributed by atoms with Crippen LogP contribution in [0, 0.1) is 17.0 Å². The number of benzene rings is 1. The second-order valence-corrected chi connectivity index (χ2v) is 10.1. The molecule has 1 aliphatic heterocycles. The average Bonchev–Trinajstić information content (AvgIpc) is 3.42. The number of amides is 1. The molecule has 0 bridgehead atoms. The van der Waals surface area contributed by atoms with E-state index >= 15 is 0 Å². The topological polar surface area (TPSA) is 132 Å². The van der Waals surface area contributed by atoms with Crippen LogP contribution in [0.5, 0.6) is 0 Å². The maximum absolute atomic E-state index is 13.1. The lowest BCUT2D eigenvalue weighted by Crippen LogP contribution is -2.50. The van der Waals surface area contributed by atoms with E-state index in [1.807, 2.05) is 6.20 Å². The van der Waals surface area contributed by atoms with Gasteiger partial charge in [-0.15, -0.1) is 11.3 Å². The highest BCUT2D eigenvalue weighted by molar-refractivity contribution is 7.89. The fourth-order valence-electron chi connectivity index (χ4n) is 3.45. The van der Waals surface area contributed by atoms with Crippen LogP contribution in [0.2, 0.25) is 0 Å². The molecule has 1 aromatic carbocycles. The number of rotatable bonds is 5. The number of piperazine rings is 1. The van der Waals surface area contributed by atoms with Crippen molar-refractivity contribution in [2.75, 3.05) is 26.2 Å². The molecule has 0 saturated carbocycles. The Morgan fingerprint density at radius 1 is 1.22 bits per heavy atom. The van der Waals surface area contributed by atoms with Gasteiger partial charge in [0.15, 0.2) is 0 Å². The number of nitro benzene ring substituents is 1. The summed E-state index contributed by atoms with van der Waals surface area (Å²) >= 11 is 1.34. The lowest BCUT2D eigenvalue weighted by molar-refractivity contribution is -0.385. The Labute approximate surface area is 188 Å². The summed E-state index contributed by atoms with van der Waals surface area (Å²) in [5.74, 6) is -0.264. The van der Waals surface area contributed by atoms with E-state index in [1.54, 1.807) is 35.1 Å². The molecule has 1 amide bonds. The number of nitro groups is 1. The van der Waals surface area contributed by atoms with Crippen LogP contribution in [0.4, 0.5) is 5.69 Å². The number of aromatic nitrogens is 3. The van der Waals surface area contributed by atoms with Crippen molar-refractivity contribution in [2.45, 2.75) is 11.8 Å². The van der Waals surface area contributed by atoms with Crippen molar-refractivity contribution >= 4 is 33.0 Å². The largest absolute Gasteiger partial charge is 0.335 e. The van der Waals surface area contributed by atoms with Gasteiger partial charge in [-0.3, -0.25) is 19.6 Å². The number of hydrogen-bond acceptors (Lipinski definition) is 8. The SMILES string of the molecule is Cc1ccc([N+](=O)[O-])cc1S(=O)(=O)N1CCN(C(=O)c2csc(-c3cnn(C)c3)n2)CC1. The van der Waals surface area contributed by atoms with E-state index in [2.05, 4.69) is 10.1 Å². The van der Waals surface area contributed by atoms with Crippen LogP contribution in [0.25, 0.3) is 10.6 Å². The smallest absolute Gasteiger partial charge is 0.273 e. The molecule has 0 unspecified atom stereocenters. The molecule has 168 valence electrons. The summed E-state index contributed by atoms with van der Waals surface area (Å²) in [7, 11) is -2.13. The maximum Gasteiger partial charge on any atom is 0.273 e. The summed E-state index contributed by atoms with van der Waals surface area (Å²) < 4.78 is 29.1. The fourth-order valence-corrected chi connectivity index (χ4v) is 5.89. The molecular formula is C19H20N6O5S2. The van der Waals surface area contributed by atoms with Crippen LogP contribution in [-0.4, -0.2) is 69.4 Å². The van der Waals surface area contributed by atoms with Crippen molar-refractivity contribution in [3.8, 4) is 10.6 Å². The van der Waals surface area contributed by atoms with Gasteiger partial charge in [0, 0.05) is 62.5 Å². The Hall–Kier alpha value is -3.16. The van der Waals surface area contributed by atoms with Crippen molar-refractivity contribution in [3.63, 3.8) is 0 Å². The lowest BCUT2D eigenvalue weighted by Gasteiger charge is -2.33. The second-order valence-electron chi connectivity index (χ2n) is 7.34. The quantitative estimate of drug-likeness (QED) is 0.406. The van der Waals surface area contributed by atoms with Crippen molar-refractivity contribution < 1.29 is 18.1 Å². The van der Waals surface area contributed by atoms with Gasteiger partial charge in [0.1, 0.15) is 10.7 Å². The van der Waals surface area contributed by atoms with Gasteiger partial charge < -0.3 is 4.90 Å². The number of hydrogen-bond donors (Lipinski definition) is 0. The van der Waals surface area contributed by atoms with Crippen LogP contribution in [0.1, 0.15) is 16.1 Å². The molecule has 32 heavy (non-hydrogen) atoms. The Bertz CT molecular complexity index is 1290. The van der Waals surface area contributed by atoms with E-state index < -0.39 is 14.9 Å². The zero-order valence-electron chi connectivity index (χ0n) is 17.3. The average molecular weight is 477 g/mol. The highest BCUT2D eigenvalue weighted by atomic mass is 32.2. The van der Waals surface area contributed by atoms with Crippen molar-refractivity contribution in [2.24, 2.45) is 7.05 Å². The molecular weight excluding hydrogens is 456 g/mol. The lowest BCUT2D eigenvalue weighted by atomic mass is 10.2. The fraction of sp³-hybridized carbons (Fsp3) is 0.316. The van der Waals surface area contributed by atoms with Gasteiger partial charge in [0.05, 0.1) is 16.0 Å². The molecule has 0 atom stereocenters. The molecule has 0 radical (unpaired) electrons. The summed E-state index contributed by atoms with van der Waals surface area (Å²) in [5.41, 5.74) is 1.27. The van der Waals surface area contributed by atoms with Gasteiger partial charge >= 0.3 is 0 Å². The van der Waals surface area contributed by atoms with Crippen LogP contribution in [-0.2, 0) is 17.1 Å². The Balaban J connectivity index is 1.46. The first-order chi connectivity index (χ1) is 15.2. The molecule has 11 nitrogen and oxygen atoms in total. The van der Waals surface area contributed by atoms with E-state index in [4.69, 9.17) is 0 Å². The van der Waals surface area contributed by atoms with Gasteiger partial charge in [0.2, 0.25) is 10.0 Å². The Morgan fingerprint density at radius 3 is 2.56 bits per heavy atom. The minimum Gasteiger partial charge on any atom is -0.335 e. The standard InChI is InChI=1S/C19H20N6O5S2/c1-13-3-4-15(25(27)28)9-17(13)32(29,30)24-7-5-23(6-8-24)19(26)16-12-31-18(21-16)14-10-20-22(2)11-14/h3-4,9-12H,5-8H2,1-2H3. The predicted molar refractivity (Wildman–Crippen MR) is 117 cm³/mol. The highest BCUT2D eigenvalue weighted by Crippen LogP contribution is 2.27. The summed E-state index contributed by atoms with van der Waals surface area (Å²) in [4.78, 5) is 29.2. The molecule has 2 aromatic heterocycles. The summed E-state index contributed by atoms with van der Waals surface area (Å²) in [6, 6.07) is 3.78. The van der Waals surface area contributed by atoms with E-state index in [1.165, 1.54) is 27.8 Å². The molecule has 1 fully saturated rings. The normalized spacial score (nSPS) is 15.1. The maximum atomic E-state index is 13.1. The second kappa shape index (κ2) is 8.41. The number of nitrogens with zero attached hydrogens (tertiary/aromatic N) is 6. The van der Waals surface area contributed by atoms with Crippen LogP contribution in [0.15, 0.2) is 40.9 Å². The molecule has 1 saturated heterocycles. The number of thiazole rings is 1. The van der Waals surface area contributed by atoms with Gasteiger partial charge in [-0.05, 0) is 12.5 Å². The van der Waals surface area contributed by atoms with Gasteiger partial charge in [-0.1, -0.05) is 6.07 Å². The molecule has 0 aliphatic carbocycles. The van der Waals surface area contributed by atoms with E-state index in [0.29, 0.717) is 16.3 Å². The monoisotopic (exact) mass is 476 g/mol.